The first-order valence-corrected chi connectivity index (χ1v) is 12.2. The van der Waals surface area contributed by atoms with Crippen molar-refractivity contribution in [2.24, 2.45) is 0 Å². The van der Waals surface area contributed by atoms with Crippen molar-refractivity contribution in [3.8, 4) is 0 Å². The molecule has 3 N–H and O–H groups in total. The molecule has 0 bridgehead atoms. The van der Waals surface area contributed by atoms with Gasteiger partial charge < -0.3 is 15.8 Å². The summed E-state index contributed by atoms with van der Waals surface area (Å²) >= 11 is 4.61. The van der Waals surface area contributed by atoms with E-state index in [4.69, 9.17) is 10.5 Å². The monoisotopic (exact) mass is 553 g/mol. The number of imide groups is 1. The number of nitrogens with zero attached hydrogens (tertiary/aromatic N) is 1. The van der Waals surface area contributed by atoms with Gasteiger partial charge in [0.2, 0.25) is 11.8 Å². The van der Waals surface area contributed by atoms with Crippen molar-refractivity contribution >= 4 is 68.4 Å². The molecule has 4 rings (SSSR count). The van der Waals surface area contributed by atoms with Crippen LogP contribution in [0.25, 0.3) is 0 Å². The lowest BCUT2D eigenvalue weighted by atomic mass is 10.2. The molecule has 0 saturated carbocycles. The van der Waals surface area contributed by atoms with Gasteiger partial charge in [0, 0.05) is 21.5 Å². The fourth-order valence-corrected chi connectivity index (χ4v) is 4.94. The third kappa shape index (κ3) is 5.90. The molecule has 3 aromatic rings. The summed E-state index contributed by atoms with van der Waals surface area (Å²) < 4.78 is 5.78. The number of nitrogens with two attached hydrogens (primary N) is 1. The van der Waals surface area contributed by atoms with Crippen LogP contribution in [0.3, 0.4) is 0 Å². The zero-order valence-corrected chi connectivity index (χ0v) is 20.7. The molecule has 1 unspecified atom stereocenters. The van der Waals surface area contributed by atoms with Crippen molar-refractivity contribution in [1.29, 1.82) is 0 Å². The van der Waals surface area contributed by atoms with Crippen LogP contribution in [0, 0.1) is 0 Å². The first-order chi connectivity index (χ1) is 16.8. The fourth-order valence-electron chi connectivity index (χ4n) is 3.43. The number of halogens is 1. The molecule has 0 aromatic heterocycles. The third-order valence-electron chi connectivity index (χ3n) is 5.09. The summed E-state index contributed by atoms with van der Waals surface area (Å²) in [4.78, 5) is 51.8. The van der Waals surface area contributed by atoms with Crippen LogP contribution in [0.2, 0.25) is 0 Å². The summed E-state index contributed by atoms with van der Waals surface area (Å²) in [6.07, 6.45) is 0.0642. The molecular formula is C25H20BrN3O5S. The molecule has 0 aliphatic carbocycles. The van der Waals surface area contributed by atoms with Crippen molar-refractivity contribution in [2.75, 3.05) is 22.6 Å². The maximum absolute atomic E-state index is 12.9. The number of esters is 1. The van der Waals surface area contributed by atoms with Gasteiger partial charge in [0.15, 0.2) is 6.61 Å². The fraction of sp³-hybridized carbons (Fsp3) is 0.120. The van der Waals surface area contributed by atoms with Crippen LogP contribution in [-0.4, -0.2) is 35.5 Å². The molecule has 8 nitrogen and oxygen atoms in total. The Balaban J connectivity index is 1.35. The number of anilines is 3. The zero-order chi connectivity index (χ0) is 24.9. The van der Waals surface area contributed by atoms with Gasteiger partial charge >= 0.3 is 5.97 Å². The van der Waals surface area contributed by atoms with E-state index in [9.17, 15) is 19.2 Å². The van der Waals surface area contributed by atoms with E-state index in [1.54, 1.807) is 36.4 Å². The highest BCUT2D eigenvalue weighted by Gasteiger charge is 2.40. The second kappa shape index (κ2) is 10.7. The van der Waals surface area contributed by atoms with E-state index in [-0.39, 0.29) is 23.8 Å². The molecule has 1 saturated heterocycles. The lowest BCUT2D eigenvalue weighted by Crippen LogP contribution is -2.31. The Bertz CT molecular complexity index is 1300. The summed E-state index contributed by atoms with van der Waals surface area (Å²) in [7, 11) is 0. The third-order valence-corrected chi connectivity index (χ3v) is 6.96. The Kier molecular flexibility index (Phi) is 7.52. The normalized spacial score (nSPS) is 15.2. The van der Waals surface area contributed by atoms with Crippen LogP contribution in [0.5, 0.6) is 0 Å². The highest BCUT2D eigenvalue weighted by molar-refractivity contribution is 9.10. The maximum Gasteiger partial charge on any atom is 0.338 e. The van der Waals surface area contributed by atoms with Gasteiger partial charge in [0.25, 0.3) is 5.91 Å². The average molecular weight is 554 g/mol. The van der Waals surface area contributed by atoms with Crippen molar-refractivity contribution in [2.45, 2.75) is 16.6 Å². The topological polar surface area (TPSA) is 119 Å². The van der Waals surface area contributed by atoms with Gasteiger partial charge in [-0.05, 0) is 70.5 Å². The number of benzene rings is 3. The first-order valence-electron chi connectivity index (χ1n) is 10.5. The van der Waals surface area contributed by atoms with Crippen LogP contribution in [0.15, 0.2) is 82.2 Å². The number of rotatable bonds is 7. The van der Waals surface area contributed by atoms with Crippen molar-refractivity contribution in [1.82, 2.24) is 0 Å². The highest BCUT2D eigenvalue weighted by atomic mass is 79.9. The molecular weight excluding hydrogens is 534 g/mol. The molecule has 35 heavy (non-hydrogen) atoms. The number of carbonyl (C=O) groups is 4. The van der Waals surface area contributed by atoms with E-state index in [2.05, 4.69) is 21.2 Å². The summed E-state index contributed by atoms with van der Waals surface area (Å²) in [6.45, 7) is -0.464. The SMILES string of the molecule is Nc1cccc(SC2CC(=O)N(c3ccc(C(=O)OCC(=O)Nc4ccccc4Br)cc3)C2=O)c1. The minimum absolute atomic E-state index is 0.0642. The van der Waals surface area contributed by atoms with E-state index >= 15 is 0 Å². The van der Waals surface area contributed by atoms with Gasteiger partial charge in [0.1, 0.15) is 0 Å². The number of nitrogen functional groups attached to an aromatic ring is 1. The molecule has 1 fully saturated rings. The molecule has 1 heterocycles. The van der Waals surface area contributed by atoms with Gasteiger partial charge in [-0.15, -0.1) is 11.8 Å². The Labute approximate surface area is 213 Å². The van der Waals surface area contributed by atoms with E-state index in [0.717, 1.165) is 9.80 Å². The second-order valence-electron chi connectivity index (χ2n) is 7.60. The first kappa shape index (κ1) is 24.5. The molecule has 1 aliphatic heterocycles. The van der Waals surface area contributed by atoms with Crippen LogP contribution in [0.4, 0.5) is 17.1 Å². The minimum atomic E-state index is -0.701. The lowest BCUT2D eigenvalue weighted by Gasteiger charge is -2.15. The van der Waals surface area contributed by atoms with Crippen molar-refractivity contribution in [3.05, 3.63) is 82.8 Å². The standard InChI is InChI=1S/C25H20BrN3O5S/c26-19-6-1-2-7-20(19)28-22(30)14-34-25(33)15-8-10-17(11-9-15)29-23(31)13-21(24(29)32)35-18-5-3-4-16(27)12-18/h1-12,21H,13-14,27H2,(H,28,30). The van der Waals surface area contributed by atoms with E-state index in [0.29, 0.717) is 21.5 Å². The quantitative estimate of drug-likeness (QED) is 0.255. The summed E-state index contributed by atoms with van der Waals surface area (Å²) in [5, 5.41) is 2.09. The molecule has 1 aliphatic rings. The van der Waals surface area contributed by atoms with Crippen molar-refractivity contribution in [3.63, 3.8) is 0 Å². The maximum atomic E-state index is 12.9. The molecule has 178 valence electrons. The molecule has 0 spiro atoms. The summed E-state index contributed by atoms with van der Waals surface area (Å²) in [5.41, 5.74) is 7.48. The van der Waals surface area contributed by atoms with Crippen LogP contribution >= 0.6 is 27.7 Å². The molecule has 0 radical (unpaired) electrons. The molecule has 1 atom stereocenters. The lowest BCUT2D eigenvalue weighted by molar-refractivity contribution is -0.121. The van der Waals surface area contributed by atoms with Gasteiger partial charge in [-0.3, -0.25) is 14.4 Å². The Morgan fingerprint density at radius 1 is 1.06 bits per heavy atom. The number of hydrogen-bond donors (Lipinski definition) is 2. The number of hydrogen-bond acceptors (Lipinski definition) is 7. The van der Waals surface area contributed by atoms with Gasteiger partial charge in [-0.1, -0.05) is 18.2 Å². The van der Waals surface area contributed by atoms with E-state index in [1.165, 1.54) is 36.0 Å². The zero-order valence-electron chi connectivity index (χ0n) is 18.3. The Morgan fingerprint density at radius 2 is 1.80 bits per heavy atom. The van der Waals surface area contributed by atoms with Crippen LogP contribution in [-0.2, 0) is 19.1 Å². The number of carbonyl (C=O) groups excluding carboxylic acids is 4. The van der Waals surface area contributed by atoms with E-state index in [1.807, 2.05) is 12.1 Å². The number of nitrogens with one attached hydrogen (secondary N) is 1. The smallest absolute Gasteiger partial charge is 0.338 e. The van der Waals surface area contributed by atoms with Crippen LogP contribution < -0.4 is 16.0 Å². The van der Waals surface area contributed by atoms with Gasteiger partial charge in [-0.25, -0.2) is 9.69 Å². The Morgan fingerprint density at radius 3 is 2.51 bits per heavy atom. The number of thioether (sulfide) groups is 1. The average Bonchev–Trinajstić information content (AvgIpc) is 3.11. The number of para-hydroxylation sites is 1. The molecule has 3 aromatic carbocycles. The highest BCUT2D eigenvalue weighted by Crippen LogP contribution is 2.34. The molecule has 3 amide bonds. The summed E-state index contributed by atoms with van der Waals surface area (Å²) in [6, 6.07) is 20.1. The molecule has 10 heteroatoms. The number of amides is 3. The van der Waals surface area contributed by atoms with Crippen molar-refractivity contribution < 1.29 is 23.9 Å². The van der Waals surface area contributed by atoms with E-state index < -0.39 is 23.7 Å². The van der Waals surface area contributed by atoms with Gasteiger partial charge in [-0.2, -0.15) is 0 Å². The second-order valence-corrected chi connectivity index (χ2v) is 9.73. The number of ether oxygens (including phenoxy) is 1. The van der Waals surface area contributed by atoms with Gasteiger partial charge in [0.05, 0.1) is 22.2 Å². The largest absolute Gasteiger partial charge is 0.452 e. The predicted molar refractivity (Wildman–Crippen MR) is 137 cm³/mol. The summed E-state index contributed by atoms with van der Waals surface area (Å²) in [5.74, 6) is -1.84. The minimum Gasteiger partial charge on any atom is -0.452 e. The predicted octanol–water partition coefficient (Wildman–Crippen LogP) is 4.25. The van der Waals surface area contributed by atoms with Crippen LogP contribution in [0.1, 0.15) is 16.8 Å². The Hall–Kier alpha value is -3.63.